The normalized spacial score (nSPS) is 22.9. The molecule has 0 saturated carbocycles. The smallest absolute Gasteiger partial charge is 0.289 e. The van der Waals surface area contributed by atoms with E-state index >= 15 is 0 Å². The topological polar surface area (TPSA) is 60.2 Å². The Kier molecular flexibility index (Phi) is 6.84. The molecule has 158 valence electrons. The molecule has 3 rings (SSSR count). The fraction of sp³-hybridized carbons (Fsp3) is 0.773. The summed E-state index contributed by atoms with van der Waals surface area (Å²) in [5, 5.41) is 10.2. The van der Waals surface area contributed by atoms with E-state index in [0.717, 1.165) is 82.8 Å². The van der Waals surface area contributed by atoms with Crippen molar-refractivity contribution in [2.45, 2.75) is 59.1 Å². The molecule has 0 aromatic carbocycles. The van der Waals surface area contributed by atoms with Gasteiger partial charge in [0.25, 0.3) is 5.91 Å². The number of hydrogen-bond donors (Lipinski definition) is 1. The highest BCUT2D eigenvalue weighted by atomic mass is 16.4. The number of rotatable bonds is 6. The first-order chi connectivity index (χ1) is 13.4. The van der Waals surface area contributed by atoms with Crippen LogP contribution in [0.25, 0.3) is 0 Å². The third-order valence-corrected chi connectivity index (χ3v) is 6.62. The molecule has 2 saturated heterocycles. The summed E-state index contributed by atoms with van der Waals surface area (Å²) >= 11 is 0. The van der Waals surface area contributed by atoms with E-state index < -0.39 is 0 Å². The zero-order chi connectivity index (χ0) is 20.3. The summed E-state index contributed by atoms with van der Waals surface area (Å²) in [4.78, 5) is 19.6. The molecule has 0 radical (unpaired) electrons. The lowest BCUT2D eigenvalue weighted by atomic mass is 9.71. The molecule has 1 aromatic rings. The van der Waals surface area contributed by atoms with Crippen LogP contribution >= 0.6 is 0 Å². The van der Waals surface area contributed by atoms with Crippen LogP contribution in [0.1, 0.15) is 61.9 Å². The number of carbonyl (C=O) groups is 1. The van der Waals surface area contributed by atoms with Gasteiger partial charge in [-0.25, -0.2) is 0 Å². The number of β-amino-alcohol motifs (C(OH)–C–C–N with tert-alkyl or cyclic N) is 1. The van der Waals surface area contributed by atoms with Gasteiger partial charge >= 0.3 is 0 Å². The maximum atomic E-state index is 13.1. The molecular formula is C22H37N3O3. The second kappa shape index (κ2) is 8.97. The Morgan fingerprint density at radius 2 is 1.96 bits per heavy atom. The van der Waals surface area contributed by atoms with E-state index in [4.69, 9.17) is 4.42 Å². The maximum Gasteiger partial charge on any atom is 0.289 e. The summed E-state index contributed by atoms with van der Waals surface area (Å²) in [6.07, 6.45) is 3.31. The molecule has 28 heavy (non-hydrogen) atoms. The van der Waals surface area contributed by atoms with Crippen molar-refractivity contribution in [2.75, 3.05) is 46.3 Å². The summed E-state index contributed by atoms with van der Waals surface area (Å²) in [6.45, 7) is 12.5. The second-order valence-corrected chi connectivity index (χ2v) is 8.72. The molecule has 2 aliphatic rings. The first-order valence-electron chi connectivity index (χ1n) is 10.9. The highest BCUT2D eigenvalue weighted by Crippen LogP contribution is 2.40. The Bertz CT molecular complexity index is 648. The quantitative estimate of drug-likeness (QED) is 0.808. The third-order valence-electron chi connectivity index (χ3n) is 6.62. The second-order valence-electron chi connectivity index (χ2n) is 8.72. The van der Waals surface area contributed by atoms with Crippen molar-refractivity contribution in [2.24, 2.45) is 5.41 Å². The Balaban J connectivity index is 1.66. The number of piperidine rings is 2. The zero-order valence-electron chi connectivity index (χ0n) is 18.0. The maximum absolute atomic E-state index is 13.1. The van der Waals surface area contributed by atoms with E-state index in [1.807, 2.05) is 11.0 Å². The molecule has 2 fully saturated rings. The van der Waals surface area contributed by atoms with Crippen molar-refractivity contribution >= 4 is 5.91 Å². The molecular weight excluding hydrogens is 354 g/mol. The van der Waals surface area contributed by atoms with Crippen molar-refractivity contribution in [1.29, 1.82) is 0 Å². The molecule has 6 heteroatoms. The largest absolute Gasteiger partial charge is 0.456 e. The lowest BCUT2D eigenvalue weighted by molar-refractivity contribution is -0.0290. The van der Waals surface area contributed by atoms with Crippen LogP contribution in [0.3, 0.4) is 0 Å². The van der Waals surface area contributed by atoms with Crippen molar-refractivity contribution in [3.05, 3.63) is 23.2 Å². The van der Waals surface area contributed by atoms with Gasteiger partial charge in [0.2, 0.25) is 0 Å². The Labute approximate surface area is 169 Å². The monoisotopic (exact) mass is 391 g/mol. The summed E-state index contributed by atoms with van der Waals surface area (Å²) in [6, 6.07) is 1.96. The number of aryl methyl sites for hydroxylation is 1. The fourth-order valence-corrected chi connectivity index (χ4v) is 5.02. The molecule has 3 heterocycles. The third kappa shape index (κ3) is 4.61. The van der Waals surface area contributed by atoms with E-state index in [9.17, 15) is 9.90 Å². The van der Waals surface area contributed by atoms with E-state index in [2.05, 4.69) is 37.6 Å². The molecule has 6 nitrogen and oxygen atoms in total. The predicted molar refractivity (Wildman–Crippen MR) is 110 cm³/mol. The van der Waals surface area contributed by atoms with Gasteiger partial charge in [0.1, 0.15) is 5.76 Å². The lowest BCUT2D eigenvalue weighted by Gasteiger charge is -2.48. The Morgan fingerprint density at radius 1 is 1.29 bits per heavy atom. The van der Waals surface area contributed by atoms with Gasteiger partial charge in [-0.1, -0.05) is 20.8 Å². The molecule has 1 aromatic heterocycles. The predicted octanol–water partition coefficient (Wildman–Crippen LogP) is 2.60. The number of carbonyl (C=O) groups excluding carboxylic acids is 1. The van der Waals surface area contributed by atoms with Crippen LogP contribution in [0.2, 0.25) is 0 Å². The highest BCUT2D eigenvalue weighted by molar-refractivity contribution is 5.92. The lowest BCUT2D eigenvalue weighted by Crippen LogP contribution is -2.53. The van der Waals surface area contributed by atoms with Gasteiger partial charge in [-0.15, -0.1) is 0 Å². The first-order valence-corrected chi connectivity index (χ1v) is 10.9. The van der Waals surface area contributed by atoms with Crippen LogP contribution in [-0.4, -0.2) is 78.1 Å². The Morgan fingerprint density at radius 3 is 2.54 bits per heavy atom. The number of likely N-dealkylation sites (tertiary alicyclic amines) is 2. The van der Waals surface area contributed by atoms with Crippen LogP contribution in [0, 0.1) is 5.41 Å². The first kappa shape index (κ1) is 21.3. The summed E-state index contributed by atoms with van der Waals surface area (Å²) in [5.41, 5.74) is 1.29. The van der Waals surface area contributed by atoms with E-state index in [-0.39, 0.29) is 17.4 Å². The van der Waals surface area contributed by atoms with E-state index in [0.29, 0.717) is 5.76 Å². The number of likely N-dealkylation sites (N-methyl/N-ethyl adjacent to an activating group) is 1. The molecule has 1 amide bonds. The van der Waals surface area contributed by atoms with Crippen LogP contribution in [0.15, 0.2) is 10.5 Å². The van der Waals surface area contributed by atoms with Gasteiger partial charge in [-0.2, -0.15) is 0 Å². The number of nitrogens with zero attached hydrogens (tertiary/aromatic N) is 3. The van der Waals surface area contributed by atoms with Crippen molar-refractivity contribution < 1.29 is 14.3 Å². The van der Waals surface area contributed by atoms with E-state index in [1.165, 1.54) is 0 Å². The number of amides is 1. The van der Waals surface area contributed by atoms with Crippen LogP contribution in [0.4, 0.5) is 0 Å². The van der Waals surface area contributed by atoms with Crippen LogP contribution in [0.5, 0.6) is 0 Å². The number of aliphatic hydroxyl groups is 1. The number of aliphatic hydroxyl groups excluding tert-OH is 1. The minimum Gasteiger partial charge on any atom is -0.456 e. The SMILES string of the molecule is CCc1oc(C(=O)N2CCC3(CC2)CC(O)CN(C)C3)cc1CN(CC)CC. The number of furan rings is 1. The summed E-state index contributed by atoms with van der Waals surface area (Å²) in [5.74, 6) is 1.43. The molecule has 1 atom stereocenters. The summed E-state index contributed by atoms with van der Waals surface area (Å²) < 4.78 is 5.97. The van der Waals surface area contributed by atoms with Crippen molar-refractivity contribution in [3.8, 4) is 0 Å². The van der Waals surface area contributed by atoms with Gasteiger partial charge < -0.3 is 19.3 Å². The minimum atomic E-state index is -0.249. The zero-order valence-corrected chi connectivity index (χ0v) is 18.0. The molecule has 1 spiro atoms. The molecule has 0 aliphatic carbocycles. The Hall–Kier alpha value is -1.37. The molecule has 1 unspecified atom stereocenters. The van der Waals surface area contributed by atoms with Gasteiger partial charge in [0, 0.05) is 44.7 Å². The van der Waals surface area contributed by atoms with Gasteiger partial charge in [0.15, 0.2) is 5.76 Å². The fourth-order valence-electron chi connectivity index (χ4n) is 5.02. The summed E-state index contributed by atoms with van der Waals surface area (Å²) in [7, 11) is 2.08. The number of hydrogen-bond acceptors (Lipinski definition) is 5. The van der Waals surface area contributed by atoms with Crippen LogP contribution < -0.4 is 0 Å². The highest BCUT2D eigenvalue weighted by Gasteiger charge is 2.41. The van der Waals surface area contributed by atoms with Gasteiger partial charge in [-0.05, 0) is 50.9 Å². The average molecular weight is 392 g/mol. The average Bonchev–Trinajstić information content (AvgIpc) is 3.08. The van der Waals surface area contributed by atoms with Gasteiger partial charge in [0.05, 0.1) is 6.10 Å². The molecule has 1 N–H and O–H groups in total. The van der Waals surface area contributed by atoms with Crippen molar-refractivity contribution in [3.63, 3.8) is 0 Å². The minimum absolute atomic E-state index is 0.0139. The van der Waals surface area contributed by atoms with Crippen molar-refractivity contribution in [1.82, 2.24) is 14.7 Å². The van der Waals surface area contributed by atoms with E-state index in [1.54, 1.807) is 0 Å². The molecule has 2 aliphatic heterocycles. The standard InChI is InChI=1S/C22H37N3O3/c1-5-19-17(14-24(6-2)7-3)12-20(28-19)21(27)25-10-8-22(9-11-25)13-18(26)15-23(4)16-22/h12,18,26H,5-11,13-16H2,1-4H3. The molecule has 0 bridgehead atoms. The van der Waals surface area contributed by atoms with Crippen LogP contribution in [-0.2, 0) is 13.0 Å². The van der Waals surface area contributed by atoms with Gasteiger partial charge in [-0.3, -0.25) is 9.69 Å².